The van der Waals surface area contributed by atoms with Crippen molar-refractivity contribution in [3.05, 3.63) is 76.6 Å². The molecule has 4 nitrogen and oxygen atoms in total. The standard InChI is InChI=1S/C22H25N3O/c1-15-10-11-16(2)21(14-15)23-22(26)13-12-20-17(3)24-25(18(20)4)19-8-6-5-7-9-19/h5-11,14H,12-13H2,1-4H3,(H,23,26). The fourth-order valence-electron chi connectivity index (χ4n) is 3.18. The lowest BCUT2D eigenvalue weighted by Crippen LogP contribution is -2.13. The summed E-state index contributed by atoms with van der Waals surface area (Å²) in [5, 5.41) is 7.69. The van der Waals surface area contributed by atoms with Crippen LogP contribution >= 0.6 is 0 Å². The summed E-state index contributed by atoms with van der Waals surface area (Å²) in [4.78, 5) is 12.4. The highest BCUT2D eigenvalue weighted by atomic mass is 16.1. The Bertz CT molecular complexity index is 926. The Morgan fingerprint density at radius 1 is 1.04 bits per heavy atom. The number of aryl methyl sites for hydroxylation is 3. The lowest BCUT2D eigenvalue weighted by Gasteiger charge is -2.10. The first kappa shape index (κ1) is 17.9. The van der Waals surface area contributed by atoms with E-state index in [4.69, 9.17) is 0 Å². The highest BCUT2D eigenvalue weighted by molar-refractivity contribution is 5.91. The number of hydrogen-bond acceptors (Lipinski definition) is 2. The van der Waals surface area contributed by atoms with E-state index >= 15 is 0 Å². The average molecular weight is 347 g/mol. The van der Waals surface area contributed by atoms with Crippen LogP contribution in [0.25, 0.3) is 5.69 Å². The van der Waals surface area contributed by atoms with Gasteiger partial charge in [-0.25, -0.2) is 4.68 Å². The summed E-state index contributed by atoms with van der Waals surface area (Å²) in [5.41, 5.74) is 7.36. The molecule has 26 heavy (non-hydrogen) atoms. The van der Waals surface area contributed by atoms with Gasteiger partial charge in [-0.1, -0.05) is 30.3 Å². The number of carbonyl (C=O) groups excluding carboxylic acids is 1. The lowest BCUT2D eigenvalue weighted by molar-refractivity contribution is -0.116. The van der Waals surface area contributed by atoms with Gasteiger partial charge in [0.2, 0.25) is 5.91 Å². The molecule has 0 fully saturated rings. The van der Waals surface area contributed by atoms with Crippen molar-refractivity contribution < 1.29 is 4.79 Å². The molecule has 0 saturated heterocycles. The first-order valence-electron chi connectivity index (χ1n) is 8.93. The molecule has 3 rings (SSSR count). The van der Waals surface area contributed by atoms with Gasteiger partial charge in [0.05, 0.1) is 11.4 Å². The summed E-state index contributed by atoms with van der Waals surface area (Å²) in [5.74, 6) is 0.0324. The van der Waals surface area contributed by atoms with E-state index in [1.54, 1.807) is 0 Å². The molecule has 134 valence electrons. The monoisotopic (exact) mass is 347 g/mol. The molecule has 0 aliphatic rings. The van der Waals surface area contributed by atoms with Crippen molar-refractivity contribution in [3.63, 3.8) is 0 Å². The third-order valence-corrected chi connectivity index (χ3v) is 4.71. The largest absolute Gasteiger partial charge is 0.326 e. The Balaban J connectivity index is 1.71. The minimum Gasteiger partial charge on any atom is -0.326 e. The Morgan fingerprint density at radius 3 is 2.50 bits per heavy atom. The quantitative estimate of drug-likeness (QED) is 0.728. The molecule has 1 amide bonds. The molecule has 0 atom stereocenters. The molecule has 1 N–H and O–H groups in total. The Hall–Kier alpha value is -2.88. The second-order valence-electron chi connectivity index (χ2n) is 6.76. The maximum absolute atomic E-state index is 12.4. The molecule has 1 heterocycles. The van der Waals surface area contributed by atoms with Crippen molar-refractivity contribution in [1.29, 1.82) is 0 Å². The summed E-state index contributed by atoms with van der Waals surface area (Å²) < 4.78 is 1.95. The molecule has 0 radical (unpaired) electrons. The second-order valence-corrected chi connectivity index (χ2v) is 6.76. The van der Waals surface area contributed by atoms with E-state index in [1.165, 1.54) is 0 Å². The first-order chi connectivity index (χ1) is 12.5. The topological polar surface area (TPSA) is 46.9 Å². The number of carbonyl (C=O) groups is 1. The van der Waals surface area contributed by atoms with Crippen LogP contribution in [0.4, 0.5) is 5.69 Å². The smallest absolute Gasteiger partial charge is 0.224 e. The van der Waals surface area contributed by atoms with E-state index in [-0.39, 0.29) is 5.91 Å². The molecule has 3 aromatic rings. The number of rotatable bonds is 5. The molecule has 0 spiro atoms. The van der Waals surface area contributed by atoms with Crippen molar-refractivity contribution in [2.24, 2.45) is 0 Å². The zero-order chi connectivity index (χ0) is 18.7. The van der Waals surface area contributed by atoms with Crippen LogP contribution < -0.4 is 5.32 Å². The van der Waals surface area contributed by atoms with Gasteiger partial charge in [-0.05, 0) is 69.0 Å². The van der Waals surface area contributed by atoms with Crippen molar-refractivity contribution in [2.75, 3.05) is 5.32 Å². The second kappa shape index (κ2) is 7.56. The highest BCUT2D eigenvalue weighted by Crippen LogP contribution is 2.20. The molecule has 4 heteroatoms. The van der Waals surface area contributed by atoms with Gasteiger partial charge in [-0.15, -0.1) is 0 Å². The van der Waals surface area contributed by atoms with Gasteiger partial charge in [0.1, 0.15) is 0 Å². The van der Waals surface area contributed by atoms with Gasteiger partial charge in [-0.3, -0.25) is 4.79 Å². The van der Waals surface area contributed by atoms with Crippen LogP contribution in [0.15, 0.2) is 48.5 Å². The fourth-order valence-corrected chi connectivity index (χ4v) is 3.18. The van der Waals surface area contributed by atoms with E-state index in [9.17, 15) is 4.79 Å². The van der Waals surface area contributed by atoms with Crippen LogP contribution in [0.3, 0.4) is 0 Å². The molecular weight excluding hydrogens is 322 g/mol. The van der Waals surface area contributed by atoms with E-state index in [0.717, 1.165) is 39.5 Å². The number of aromatic nitrogens is 2. The minimum absolute atomic E-state index is 0.0324. The van der Waals surface area contributed by atoms with Crippen molar-refractivity contribution in [3.8, 4) is 5.69 Å². The molecule has 0 bridgehead atoms. The normalized spacial score (nSPS) is 10.8. The number of anilines is 1. The summed E-state index contributed by atoms with van der Waals surface area (Å²) in [6.45, 7) is 8.10. The number of nitrogens with zero attached hydrogens (tertiary/aromatic N) is 2. The minimum atomic E-state index is 0.0324. The summed E-state index contributed by atoms with van der Waals surface area (Å²) >= 11 is 0. The Labute approximate surface area is 154 Å². The molecule has 2 aromatic carbocycles. The highest BCUT2D eigenvalue weighted by Gasteiger charge is 2.14. The first-order valence-corrected chi connectivity index (χ1v) is 8.93. The van der Waals surface area contributed by atoms with E-state index < -0.39 is 0 Å². The molecular formula is C22H25N3O. The van der Waals surface area contributed by atoms with Crippen molar-refractivity contribution in [2.45, 2.75) is 40.5 Å². The van der Waals surface area contributed by atoms with Crippen LogP contribution in [-0.4, -0.2) is 15.7 Å². The summed E-state index contributed by atoms with van der Waals surface area (Å²) in [6.07, 6.45) is 1.12. The van der Waals surface area contributed by atoms with E-state index in [1.807, 2.05) is 67.9 Å². The zero-order valence-electron chi connectivity index (χ0n) is 15.8. The predicted molar refractivity (Wildman–Crippen MR) is 106 cm³/mol. The number of benzene rings is 2. The van der Waals surface area contributed by atoms with Crippen LogP contribution in [0.2, 0.25) is 0 Å². The maximum atomic E-state index is 12.4. The van der Waals surface area contributed by atoms with Crippen LogP contribution in [-0.2, 0) is 11.2 Å². The van der Waals surface area contributed by atoms with Crippen molar-refractivity contribution >= 4 is 11.6 Å². The third kappa shape index (κ3) is 3.85. The average Bonchev–Trinajstić information content (AvgIpc) is 2.91. The van der Waals surface area contributed by atoms with Gasteiger partial charge in [0.25, 0.3) is 0 Å². The molecule has 0 saturated carbocycles. The van der Waals surface area contributed by atoms with Gasteiger partial charge < -0.3 is 5.32 Å². The SMILES string of the molecule is Cc1ccc(C)c(NC(=O)CCc2c(C)nn(-c3ccccc3)c2C)c1. The molecule has 1 aromatic heterocycles. The van der Waals surface area contributed by atoms with Gasteiger partial charge in [0.15, 0.2) is 0 Å². The van der Waals surface area contributed by atoms with Crippen LogP contribution in [0.1, 0.15) is 34.5 Å². The number of hydrogen-bond donors (Lipinski definition) is 1. The maximum Gasteiger partial charge on any atom is 0.224 e. The summed E-state index contributed by atoms with van der Waals surface area (Å²) in [6, 6.07) is 16.2. The fraction of sp³-hybridized carbons (Fsp3) is 0.273. The number of nitrogens with one attached hydrogen (secondary N) is 1. The third-order valence-electron chi connectivity index (χ3n) is 4.71. The van der Waals surface area contributed by atoms with E-state index in [2.05, 4.69) is 23.4 Å². The molecule has 0 unspecified atom stereocenters. The van der Waals surface area contributed by atoms with Gasteiger partial charge in [-0.2, -0.15) is 5.10 Å². The Morgan fingerprint density at radius 2 is 1.77 bits per heavy atom. The lowest BCUT2D eigenvalue weighted by atomic mass is 10.1. The number of para-hydroxylation sites is 1. The van der Waals surface area contributed by atoms with Gasteiger partial charge >= 0.3 is 0 Å². The van der Waals surface area contributed by atoms with E-state index in [0.29, 0.717) is 12.8 Å². The van der Waals surface area contributed by atoms with Crippen LogP contribution in [0, 0.1) is 27.7 Å². The molecule has 0 aliphatic heterocycles. The molecule has 0 aliphatic carbocycles. The summed E-state index contributed by atoms with van der Waals surface area (Å²) in [7, 11) is 0. The Kier molecular flexibility index (Phi) is 5.21. The van der Waals surface area contributed by atoms with Crippen LogP contribution in [0.5, 0.6) is 0 Å². The number of amides is 1. The zero-order valence-corrected chi connectivity index (χ0v) is 15.8. The predicted octanol–water partition coefficient (Wildman–Crippen LogP) is 4.68. The van der Waals surface area contributed by atoms with Crippen molar-refractivity contribution in [1.82, 2.24) is 9.78 Å². The van der Waals surface area contributed by atoms with Gasteiger partial charge in [0, 0.05) is 17.8 Å².